The molecule has 8 heteroatoms. The number of esters is 1. The van der Waals surface area contributed by atoms with Gasteiger partial charge in [0.2, 0.25) is 5.43 Å². The Hall–Kier alpha value is -3.16. The van der Waals surface area contributed by atoms with Gasteiger partial charge in [-0.15, -0.1) is 0 Å². The molecule has 0 fully saturated rings. The Labute approximate surface area is 152 Å². The van der Waals surface area contributed by atoms with Crippen LogP contribution in [-0.2, 0) is 17.5 Å². The second kappa shape index (κ2) is 7.22. The van der Waals surface area contributed by atoms with E-state index in [1.807, 2.05) is 0 Å². The Morgan fingerprint density at radius 3 is 2.63 bits per heavy atom. The van der Waals surface area contributed by atoms with E-state index in [2.05, 4.69) is 4.98 Å². The maximum absolute atomic E-state index is 13.1. The Morgan fingerprint density at radius 1 is 1.22 bits per heavy atom. The maximum atomic E-state index is 13.1. The number of halogens is 3. The van der Waals surface area contributed by atoms with Gasteiger partial charge < -0.3 is 9.30 Å². The zero-order chi connectivity index (χ0) is 19.6. The van der Waals surface area contributed by atoms with Crippen LogP contribution >= 0.6 is 0 Å². The van der Waals surface area contributed by atoms with Crippen LogP contribution in [0.1, 0.15) is 28.5 Å². The molecule has 0 N–H and O–H groups in total. The van der Waals surface area contributed by atoms with Gasteiger partial charge in [0, 0.05) is 17.8 Å². The molecular weight excluding hydrogens is 361 g/mol. The normalized spacial score (nSPS) is 11.6. The van der Waals surface area contributed by atoms with Crippen LogP contribution in [0.5, 0.6) is 0 Å². The van der Waals surface area contributed by atoms with Crippen LogP contribution in [0.3, 0.4) is 0 Å². The Bertz CT molecular complexity index is 1040. The molecule has 3 rings (SSSR count). The molecule has 0 amide bonds. The summed E-state index contributed by atoms with van der Waals surface area (Å²) in [5.41, 5.74) is -1.16. The first kappa shape index (κ1) is 18.6. The third-order valence-electron chi connectivity index (χ3n) is 3.96. The van der Waals surface area contributed by atoms with Crippen molar-refractivity contribution in [3.05, 3.63) is 75.8 Å². The molecule has 2 heterocycles. The predicted octanol–water partition coefficient (Wildman–Crippen LogP) is 3.64. The average Bonchev–Trinajstić information content (AvgIpc) is 2.64. The molecule has 1 aromatic carbocycles. The molecule has 5 nitrogen and oxygen atoms in total. The van der Waals surface area contributed by atoms with Crippen LogP contribution in [0, 0.1) is 0 Å². The molecule has 0 bridgehead atoms. The van der Waals surface area contributed by atoms with E-state index in [4.69, 9.17) is 4.74 Å². The fraction of sp³-hybridized carbons (Fsp3) is 0.211. The number of pyridine rings is 2. The molecule has 0 radical (unpaired) electrons. The summed E-state index contributed by atoms with van der Waals surface area (Å²) in [6.45, 7) is 1.76. The maximum Gasteiger partial charge on any atom is 0.416 e. The average molecular weight is 376 g/mol. The van der Waals surface area contributed by atoms with Crippen molar-refractivity contribution in [2.75, 3.05) is 6.61 Å². The first-order chi connectivity index (χ1) is 12.8. The second-order valence-corrected chi connectivity index (χ2v) is 5.77. The quantitative estimate of drug-likeness (QED) is 0.653. The topological polar surface area (TPSA) is 61.2 Å². The lowest BCUT2D eigenvalue weighted by Gasteiger charge is -2.15. The minimum atomic E-state index is -4.56. The van der Waals surface area contributed by atoms with E-state index in [0.717, 1.165) is 18.2 Å². The van der Waals surface area contributed by atoms with E-state index in [1.54, 1.807) is 31.3 Å². The van der Waals surface area contributed by atoms with Crippen LogP contribution in [0.2, 0.25) is 0 Å². The van der Waals surface area contributed by atoms with Gasteiger partial charge in [-0.2, -0.15) is 13.2 Å². The predicted molar refractivity (Wildman–Crippen MR) is 92.5 cm³/mol. The van der Waals surface area contributed by atoms with Crippen LogP contribution in [0.4, 0.5) is 13.2 Å². The third-order valence-corrected chi connectivity index (χ3v) is 3.96. The number of hydrogen-bond acceptors (Lipinski definition) is 4. The molecule has 0 atom stereocenters. The Balaban J connectivity index is 2.25. The SMILES string of the molecule is CCOC(=O)c1cn(Cc2ccccn2)c2cc(C(F)(F)F)ccc2c1=O. The molecule has 3 aromatic rings. The van der Waals surface area contributed by atoms with Crippen molar-refractivity contribution in [3.63, 3.8) is 0 Å². The first-order valence-electron chi connectivity index (χ1n) is 8.12. The van der Waals surface area contributed by atoms with Gasteiger partial charge in [0.1, 0.15) is 5.56 Å². The highest BCUT2D eigenvalue weighted by atomic mass is 19.4. The minimum absolute atomic E-state index is 0.00415. The summed E-state index contributed by atoms with van der Waals surface area (Å²) in [6.07, 6.45) is -1.79. The van der Waals surface area contributed by atoms with Crippen molar-refractivity contribution in [3.8, 4) is 0 Å². The van der Waals surface area contributed by atoms with Crippen LogP contribution in [0.25, 0.3) is 10.9 Å². The fourth-order valence-electron chi connectivity index (χ4n) is 2.72. The molecule has 0 saturated heterocycles. The zero-order valence-corrected chi connectivity index (χ0v) is 14.3. The van der Waals surface area contributed by atoms with Gasteiger partial charge in [0.15, 0.2) is 0 Å². The molecule has 140 valence electrons. The molecule has 2 aromatic heterocycles. The van der Waals surface area contributed by atoms with E-state index in [-0.39, 0.29) is 29.6 Å². The molecule has 0 aliphatic heterocycles. The Morgan fingerprint density at radius 2 is 2.00 bits per heavy atom. The highest BCUT2D eigenvalue weighted by molar-refractivity contribution is 5.94. The van der Waals surface area contributed by atoms with Crippen LogP contribution < -0.4 is 5.43 Å². The van der Waals surface area contributed by atoms with Gasteiger partial charge >= 0.3 is 12.1 Å². The number of hydrogen-bond donors (Lipinski definition) is 0. The second-order valence-electron chi connectivity index (χ2n) is 5.77. The summed E-state index contributed by atoms with van der Waals surface area (Å²) < 4.78 is 45.6. The lowest BCUT2D eigenvalue weighted by Crippen LogP contribution is -2.22. The van der Waals surface area contributed by atoms with Gasteiger partial charge in [-0.1, -0.05) is 6.07 Å². The number of alkyl halides is 3. The summed E-state index contributed by atoms with van der Waals surface area (Å²) in [5.74, 6) is -0.820. The molecular formula is C19H15F3N2O3. The van der Waals surface area contributed by atoms with Gasteiger partial charge in [0.05, 0.1) is 29.9 Å². The van der Waals surface area contributed by atoms with E-state index in [9.17, 15) is 22.8 Å². The van der Waals surface area contributed by atoms with Crippen molar-refractivity contribution in [2.24, 2.45) is 0 Å². The number of rotatable bonds is 4. The molecule has 27 heavy (non-hydrogen) atoms. The largest absolute Gasteiger partial charge is 0.462 e. The summed E-state index contributed by atoms with van der Waals surface area (Å²) in [6, 6.07) is 7.94. The number of ether oxygens (including phenoxy) is 1. The number of carbonyl (C=O) groups excluding carboxylic acids is 1. The highest BCUT2D eigenvalue weighted by Crippen LogP contribution is 2.31. The summed E-state index contributed by atoms with van der Waals surface area (Å²) >= 11 is 0. The summed E-state index contributed by atoms with van der Waals surface area (Å²) in [4.78, 5) is 28.9. The first-order valence-corrected chi connectivity index (χ1v) is 8.12. The van der Waals surface area contributed by atoms with Crippen molar-refractivity contribution in [1.82, 2.24) is 9.55 Å². The molecule has 0 aliphatic carbocycles. The number of benzene rings is 1. The van der Waals surface area contributed by atoms with Crippen LogP contribution in [0.15, 0.2) is 53.6 Å². The summed E-state index contributed by atoms with van der Waals surface area (Å²) in [7, 11) is 0. The van der Waals surface area contributed by atoms with Gasteiger partial charge in [-0.25, -0.2) is 4.79 Å². The van der Waals surface area contributed by atoms with Crippen molar-refractivity contribution in [2.45, 2.75) is 19.6 Å². The number of carbonyl (C=O) groups is 1. The lowest BCUT2D eigenvalue weighted by atomic mass is 10.1. The van der Waals surface area contributed by atoms with Crippen LogP contribution in [-0.4, -0.2) is 22.1 Å². The molecule has 0 saturated carbocycles. The highest BCUT2D eigenvalue weighted by Gasteiger charge is 2.31. The molecule has 0 spiro atoms. The minimum Gasteiger partial charge on any atom is -0.462 e. The van der Waals surface area contributed by atoms with Crippen molar-refractivity contribution >= 4 is 16.9 Å². The van der Waals surface area contributed by atoms with Crippen molar-refractivity contribution in [1.29, 1.82) is 0 Å². The molecule has 0 unspecified atom stereocenters. The Kier molecular flexibility index (Phi) is 4.98. The standard InChI is InChI=1S/C19H15F3N2O3/c1-2-27-18(26)15-11-24(10-13-5-3-4-8-23-13)16-9-12(19(20,21)22)6-7-14(16)17(15)25/h3-9,11H,2,10H2,1H3. The van der Waals surface area contributed by atoms with E-state index in [0.29, 0.717) is 5.69 Å². The number of fused-ring (bicyclic) bond motifs is 1. The molecule has 0 aliphatic rings. The van der Waals surface area contributed by atoms with E-state index >= 15 is 0 Å². The smallest absolute Gasteiger partial charge is 0.416 e. The van der Waals surface area contributed by atoms with Gasteiger partial charge in [-0.05, 0) is 37.3 Å². The zero-order valence-electron chi connectivity index (χ0n) is 14.3. The summed E-state index contributed by atoms with van der Waals surface area (Å²) in [5, 5.41) is 0.00415. The fourth-order valence-corrected chi connectivity index (χ4v) is 2.72. The number of aromatic nitrogens is 2. The van der Waals surface area contributed by atoms with E-state index in [1.165, 1.54) is 10.8 Å². The monoisotopic (exact) mass is 376 g/mol. The van der Waals surface area contributed by atoms with Gasteiger partial charge in [-0.3, -0.25) is 9.78 Å². The van der Waals surface area contributed by atoms with Crippen molar-refractivity contribution < 1.29 is 22.7 Å². The van der Waals surface area contributed by atoms with Gasteiger partial charge in [0.25, 0.3) is 0 Å². The number of nitrogens with zero attached hydrogens (tertiary/aromatic N) is 2. The van der Waals surface area contributed by atoms with E-state index < -0.39 is 23.1 Å². The lowest BCUT2D eigenvalue weighted by molar-refractivity contribution is -0.137. The third kappa shape index (κ3) is 3.84.